The second kappa shape index (κ2) is 22.5. The van der Waals surface area contributed by atoms with E-state index in [4.69, 9.17) is 30.0 Å². The molecule has 0 fully saturated rings. The summed E-state index contributed by atoms with van der Waals surface area (Å²) in [6, 6.07) is 0. The fraction of sp³-hybridized carbons (Fsp3) is 0.500. The Morgan fingerprint density at radius 3 is 1.00 bits per heavy atom. The molecular formula is C4H12O8Zn+2. The standard InChI is InChI=1S/2C2H4O3.2H2O.Zn/c2*3-1-2(4)5;;;/h2*3H,1H2,(H,4,5);2*1H2;/q;;;;+2. The Labute approximate surface area is 86.2 Å². The van der Waals surface area contributed by atoms with Gasteiger partial charge in [-0.3, -0.25) is 0 Å². The third-order valence-corrected chi connectivity index (χ3v) is 0.258. The average Bonchev–Trinajstić information content (AvgIpc) is 1.89. The van der Waals surface area contributed by atoms with Crippen molar-refractivity contribution >= 4 is 11.9 Å². The van der Waals surface area contributed by atoms with E-state index in [0.29, 0.717) is 0 Å². The molecule has 0 radical (unpaired) electrons. The molecule has 8 nitrogen and oxygen atoms in total. The topological polar surface area (TPSA) is 187 Å². The van der Waals surface area contributed by atoms with Crippen molar-refractivity contribution in [2.24, 2.45) is 0 Å². The molecule has 0 aromatic carbocycles. The van der Waals surface area contributed by atoms with Gasteiger partial charge in [0.2, 0.25) is 0 Å². The number of rotatable bonds is 2. The summed E-state index contributed by atoms with van der Waals surface area (Å²) in [6.07, 6.45) is 0. The van der Waals surface area contributed by atoms with Crippen LogP contribution in [0.2, 0.25) is 0 Å². The minimum atomic E-state index is -1.44. The largest absolute Gasteiger partial charge is 2.00 e. The molecule has 9 heteroatoms. The molecule has 0 rings (SSSR count). The van der Waals surface area contributed by atoms with Crippen molar-refractivity contribution in [1.82, 2.24) is 0 Å². The molecule has 0 saturated carbocycles. The van der Waals surface area contributed by atoms with Gasteiger partial charge in [0.15, 0.2) is 0 Å². The number of carboxylic acid groups (broad SMARTS) is 2. The van der Waals surface area contributed by atoms with Crippen molar-refractivity contribution in [3.63, 3.8) is 0 Å². The molecule has 0 atom stereocenters. The van der Waals surface area contributed by atoms with E-state index in [-0.39, 0.29) is 30.4 Å². The van der Waals surface area contributed by atoms with Crippen LogP contribution in [0, 0.1) is 0 Å². The number of carbonyl (C=O) groups is 2. The quantitative estimate of drug-likeness (QED) is 0.363. The van der Waals surface area contributed by atoms with E-state index >= 15 is 0 Å². The van der Waals surface area contributed by atoms with Gasteiger partial charge in [0.25, 0.3) is 0 Å². The molecule has 0 aromatic rings. The summed E-state index contributed by atoms with van der Waals surface area (Å²) in [4.78, 5) is 18.0. The zero-order chi connectivity index (χ0) is 8.57. The minimum absolute atomic E-state index is 0. The fourth-order valence-electron chi connectivity index (χ4n) is 0. The van der Waals surface area contributed by atoms with Gasteiger partial charge in [0.05, 0.1) is 25.2 Å². The van der Waals surface area contributed by atoms with Crippen LogP contribution < -0.4 is 10.2 Å². The van der Waals surface area contributed by atoms with Crippen molar-refractivity contribution in [3.8, 4) is 0 Å². The molecular weight excluding hydrogens is 241 g/mol. The van der Waals surface area contributed by atoms with E-state index in [1.807, 2.05) is 0 Å². The van der Waals surface area contributed by atoms with E-state index in [0.717, 1.165) is 0 Å². The van der Waals surface area contributed by atoms with Gasteiger partial charge in [-0.1, -0.05) is 0 Å². The second-order valence-electron chi connectivity index (χ2n) is 1.06. The van der Waals surface area contributed by atoms with E-state index < -0.39 is 25.2 Å². The van der Waals surface area contributed by atoms with Gasteiger partial charge in [-0.05, 0) is 0 Å². The molecule has 0 aliphatic carbocycles. The molecule has 13 heavy (non-hydrogen) atoms. The fourth-order valence-corrected chi connectivity index (χ4v) is 0. The van der Waals surface area contributed by atoms with E-state index in [9.17, 15) is 0 Å². The number of aliphatic hydroxyl groups is 2. The van der Waals surface area contributed by atoms with E-state index in [1.165, 1.54) is 0 Å². The maximum absolute atomic E-state index is 9.01. The van der Waals surface area contributed by atoms with Crippen LogP contribution in [0.25, 0.3) is 0 Å². The Kier molecular flexibility index (Phi) is 51.0. The molecule has 0 unspecified atom stereocenters. The monoisotopic (exact) mass is 252 g/mol. The molecule has 8 N–H and O–H groups in total. The van der Waals surface area contributed by atoms with Gasteiger partial charge >= 0.3 is 19.5 Å². The minimum Gasteiger partial charge on any atom is -0.548 e. The Hall–Kier alpha value is -0.597. The van der Waals surface area contributed by atoms with Gasteiger partial charge in [-0.15, -0.1) is 0 Å². The van der Waals surface area contributed by atoms with Crippen molar-refractivity contribution < 1.29 is 60.4 Å². The average molecular weight is 254 g/mol. The summed E-state index contributed by atoms with van der Waals surface area (Å²) in [5, 5.41) is 33.0. The summed E-state index contributed by atoms with van der Waals surface area (Å²) >= 11 is 0. The van der Waals surface area contributed by atoms with Crippen LogP contribution in [0.3, 0.4) is 0 Å². The maximum atomic E-state index is 9.01. The van der Waals surface area contributed by atoms with Gasteiger partial charge in [-0.25, -0.2) is 0 Å². The first kappa shape index (κ1) is 29.4. The van der Waals surface area contributed by atoms with Crippen LogP contribution >= 0.6 is 0 Å². The summed E-state index contributed by atoms with van der Waals surface area (Å²) in [5.41, 5.74) is 0. The zero-order valence-electron chi connectivity index (χ0n) is 6.80. The normalized spacial score (nSPS) is 5.69. The summed E-state index contributed by atoms with van der Waals surface area (Å²) < 4.78 is 0. The number of aliphatic hydroxyl groups excluding tert-OH is 2. The Morgan fingerprint density at radius 1 is 0.923 bits per heavy atom. The van der Waals surface area contributed by atoms with Crippen LogP contribution in [0.4, 0.5) is 0 Å². The number of carbonyl (C=O) groups excluding carboxylic acids is 2. The molecule has 0 aromatic heterocycles. The molecule has 0 heterocycles. The molecule has 76 valence electrons. The predicted molar refractivity (Wildman–Crippen MR) is 33.9 cm³/mol. The first-order chi connectivity index (χ1) is 4.54. The van der Waals surface area contributed by atoms with Crippen molar-refractivity contribution in [2.75, 3.05) is 13.2 Å². The van der Waals surface area contributed by atoms with Gasteiger partial charge in [0.1, 0.15) is 0 Å². The zero-order valence-corrected chi connectivity index (χ0v) is 9.77. The molecule has 0 aliphatic rings. The maximum Gasteiger partial charge on any atom is 2.00 e. The Bertz CT molecular complexity index is 101. The number of aliphatic carboxylic acids is 2. The Morgan fingerprint density at radius 2 is 1.00 bits per heavy atom. The van der Waals surface area contributed by atoms with Crippen LogP contribution in [-0.4, -0.2) is 35.4 Å². The third kappa shape index (κ3) is 87.1. The van der Waals surface area contributed by atoms with Crippen molar-refractivity contribution in [2.45, 2.75) is 0 Å². The molecule has 0 aliphatic heterocycles. The van der Waals surface area contributed by atoms with Crippen LogP contribution in [-0.2, 0) is 40.0 Å². The first-order valence-corrected chi connectivity index (χ1v) is 2.16. The first-order valence-electron chi connectivity index (χ1n) is 2.16. The van der Waals surface area contributed by atoms with E-state index in [1.54, 1.807) is 0 Å². The summed E-state index contributed by atoms with van der Waals surface area (Å²) in [5.74, 6) is -2.88. The molecule has 0 bridgehead atoms. The summed E-state index contributed by atoms with van der Waals surface area (Å²) in [7, 11) is 0. The van der Waals surface area contributed by atoms with Crippen LogP contribution in [0.15, 0.2) is 0 Å². The smallest absolute Gasteiger partial charge is 0.548 e. The third-order valence-electron chi connectivity index (χ3n) is 0.258. The number of hydrogen-bond donors (Lipinski definition) is 2. The Balaban J connectivity index is -0.0000000267. The van der Waals surface area contributed by atoms with Crippen molar-refractivity contribution in [1.29, 1.82) is 0 Å². The SMILES string of the molecule is O=C([O-])CO.O=C([O-])CO.[OH3+].[OH3+].[Zn+2]. The molecule has 0 saturated heterocycles. The van der Waals surface area contributed by atoms with Crippen LogP contribution in [0.5, 0.6) is 0 Å². The second-order valence-corrected chi connectivity index (χ2v) is 1.06. The van der Waals surface area contributed by atoms with Gasteiger partial charge in [-0.2, -0.15) is 0 Å². The van der Waals surface area contributed by atoms with Gasteiger partial charge < -0.3 is 41.0 Å². The number of hydrogen-bond acceptors (Lipinski definition) is 6. The van der Waals surface area contributed by atoms with Gasteiger partial charge in [0, 0.05) is 0 Å². The number of carboxylic acids is 2. The van der Waals surface area contributed by atoms with Crippen molar-refractivity contribution in [3.05, 3.63) is 0 Å². The van der Waals surface area contributed by atoms with E-state index in [2.05, 4.69) is 0 Å². The molecule has 0 amide bonds. The summed E-state index contributed by atoms with van der Waals surface area (Å²) in [6.45, 7) is -1.78. The predicted octanol–water partition coefficient (Wildman–Crippen LogP) is -6.39. The van der Waals surface area contributed by atoms with Crippen LogP contribution in [0.1, 0.15) is 0 Å². The molecule has 0 spiro atoms.